The van der Waals surface area contributed by atoms with Crippen LogP contribution < -0.4 is 0 Å². The van der Waals surface area contributed by atoms with Gasteiger partial charge < -0.3 is 4.42 Å². The van der Waals surface area contributed by atoms with Crippen LogP contribution in [0, 0.1) is 0 Å². The van der Waals surface area contributed by atoms with E-state index in [1.165, 1.54) is 33.4 Å². The summed E-state index contributed by atoms with van der Waals surface area (Å²) < 4.78 is 6.46. The van der Waals surface area contributed by atoms with Crippen LogP contribution in [0.15, 0.2) is 192 Å². The predicted molar refractivity (Wildman–Crippen MR) is 237 cm³/mol. The Morgan fingerprint density at radius 2 is 0.862 bits per heavy atom. The van der Waals surface area contributed by atoms with E-state index in [1.807, 2.05) is 24.3 Å². The van der Waals surface area contributed by atoms with E-state index >= 15 is 0 Å². The zero-order valence-corrected chi connectivity index (χ0v) is 32.1. The third kappa shape index (κ3) is 5.64. The third-order valence-electron chi connectivity index (χ3n) is 11.8. The molecule has 274 valence electrons. The third-order valence-corrected chi connectivity index (χ3v) is 11.8. The molecule has 4 heteroatoms. The lowest BCUT2D eigenvalue weighted by Crippen LogP contribution is -2.14. The summed E-state index contributed by atoms with van der Waals surface area (Å²) in [6.45, 7) is 4.60. The van der Waals surface area contributed by atoms with Crippen LogP contribution in [-0.4, -0.2) is 15.0 Å². The fourth-order valence-corrected chi connectivity index (χ4v) is 8.77. The van der Waals surface area contributed by atoms with Crippen LogP contribution in [0.25, 0.3) is 101 Å². The van der Waals surface area contributed by atoms with Gasteiger partial charge in [-0.25, -0.2) is 15.0 Å². The molecule has 2 heterocycles. The van der Waals surface area contributed by atoms with Crippen molar-refractivity contribution in [1.82, 2.24) is 15.0 Å². The second-order valence-electron chi connectivity index (χ2n) is 15.6. The molecule has 0 amide bonds. The highest BCUT2D eigenvalue weighted by Crippen LogP contribution is 2.49. The van der Waals surface area contributed by atoms with Gasteiger partial charge in [-0.15, -0.1) is 0 Å². The van der Waals surface area contributed by atoms with Gasteiger partial charge in [0.25, 0.3) is 0 Å². The normalized spacial score (nSPS) is 12.8. The number of aromatic nitrogens is 3. The Bertz CT molecular complexity index is 3180. The maximum Gasteiger partial charge on any atom is 0.164 e. The number of benzene rings is 8. The summed E-state index contributed by atoms with van der Waals surface area (Å²) >= 11 is 0. The molecule has 58 heavy (non-hydrogen) atoms. The highest BCUT2D eigenvalue weighted by Gasteiger charge is 2.35. The van der Waals surface area contributed by atoms with Crippen LogP contribution in [0.1, 0.15) is 25.0 Å². The van der Waals surface area contributed by atoms with E-state index in [9.17, 15) is 0 Å². The average Bonchev–Trinajstić information content (AvgIpc) is 3.78. The summed E-state index contributed by atoms with van der Waals surface area (Å²) in [5, 5.41) is 2.16. The van der Waals surface area contributed by atoms with Gasteiger partial charge in [0.2, 0.25) is 0 Å². The number of furan rings is 1. The molecule has 10 aromatic rings. The lowest BCUT2D eigenvalue weighted by molar-refractivity contribution is 0.660. The first kappa shape index (κ1) is 33.9. The van der Waals surface area contributed by atoms with Crippen LogP contribution in [-0.2, 0) is 5.41 Å². The number of nitrogens with zero attached hydrogens (tertiary/aromatic N) is 3. The van der Waals surface area contributed by atoms with Gasteiger partial charge in [0.15, 0.2) is 17.5 Å². The standard InChI is InChI=1S/C54H37N3O/c1-54(2)46-21-10-9-19-43(46)44-33-41(27-29-47(44)54)53-56-51(37-15-7-4-8-16-37)55-52(57-53)40-18-11-17-39(31-40)42-20-12-22-49-50(42)45-32-38(28-30-48(45)58-49)36-25-23-35(24-26-36)34-13-5-3-6-14-34/h3-33H,1-2H3. The van der Waals surface area contributed by atoms with Crippen LogP contribution in [0.5, 0.6) is 0 Å². The Hall–Kier alpha value is -7.43. The van der Waals surface area contributed by atoms with Crippen molar-refractivity contribution in [3.05, 3.63) is 199 Å². The van der Waals surface area contributed by atoms with Gasteiger partial charge in [0.05, 0.1) is 0 Å². The molecular formula is C54H37N3O. The molecule has 1 aliphatic rings. The number of fused-ring (bicyclic) bond motifs is 6. The van der Waals surface area contributed by atoms with E-state index in [0.29, 0.717) is 17.5 Å². The van der Waals surface area contributed by atoms with Gasteiger partial charge in [-0.3, -0.25) is 0 Å². The van der Waals surface area contributed by atoms with E-state index in [1.54, 1.807) is 0 Å². The van der Waals surface area contributed by atoms with Gasteiger partial charge in [0, 0.05) is 32.9 Å². The van der Waals surface area contributed by atoms with Gasteiger partial charge in [-0.2, -0.15) is 0 Å². The zero-order chi connectivity index (χ0) is 38.8. The molecule has 11 rings (SSSR count). The maximum absolute atomic E-state index is 6.46. The van der Waals surface area contributed by atoms with Crippen molar-refractivity contribution in [3.63, 3.8) is 0 Å². The van der Waals surface area contributed by atoms with Crippen LogP contribution >= 0.6 is 0 Å². The Labute approximate surface area is 337 Å². The van der Waals surface area contributed by atoms with Crippen LogP contribution in [0.3, 0.4) is 0 Å². The number of hydrogen-bond acceptors (Lipinski definition) is 4. The molecule has 0 radical (unpaired) electrons. The second-order valence-corrected chi connectivity index (χ2v) is 15.6. The zero-order valence-electron chi connectivity index (χ0n) is 32.1. The van der Waals surface area contributed by atoms with Crippen molar-refractivity contribution < 1.29 is 4.42 Å². The summed E-state index contributed by atoms with van der Waals surface area (Å²) in [6.07, 6.45) is 0. The van der Waals surface area contributed by atoms with Crippen molar-refractivity contribution in [2.24, 2.45) is 0 Å². The SMILES string of the molecule is CC1(C)c2ccccc2-c2cc(-c3nc(-c4ccccc4)nc(-c4cccc(-c5cccc6oc7ccc(-c8ccc(-c9ccccc9)cc8)cc7c56)c4)n3)ccc21. The van der Waals surface area contributed by atoms with E-state index in [2.05, 4.69) is 178 Å². The minimum absolute atomic E-state index is 0.0801. The molecule has 8 aromatic carbocycles. The minimum Gasteiger partial charge on any atom is -0.456 e. The van der Waals surface area contributed by atoms with Crippen molar-refractivity contribution in [1.29, 1.82) is 0 Å². The van der Waals surface area contributed by atoms with Crippen molar-refractivity contribution >= 4 is 21.9 Å². The smallest absolute Gasteiger partial charge is 0.164 e. The minimum atomic E-state index is -0.0801. The fourth-order valence-electron chi connectivity index (χ4n) is 8.77. The van der Waals surface area contributed by atoms with Crippen molar-refractivity contribution in [2.75, 3.05) is 0 Å². The van der Waals surface area contributed by atoms with Gasteiger partial charge in [0.1, 0.15) is 11.2 Å². The van der Waals surface area contributed by atoms with Gasteiger partial charge in [-0.05, 0) is 86.0 Å². The lowest BCUT2D eigenvalue weighted by atomic mass is 9.82. The van der Waals surface area contributed by atoms with Gasteiger partial charge in [-0.1, -0.05) is 172 Å². The summed E-state index contributed by atoms with van der Waals surface area (Å²) in [6, 6.07) is 66.1. The van der Waals surface area contributed by atoms with Crippen molar-refractivity contribution in [2.45, 2.75) is 19.3 Å². The number of rotatable bonds is 6. The average molecular weight is 744 g/mol. The highest BCUT2D eigenvalue weighted by molar-refractivity contribution is 6.13. The quantitative estimate of drug-likeness (QED) is 0.170. The second kappa shape index (κ2) is 13.4. The van der Waals surface area contributed by atoms with E-state index in [-0.39, 0.29) is 5.41 Å². The van der Waals surface area contributed by atoms with Crippen LogP contribution in [0.4, 0.5) is 0 Å². The molecule has 0 unspecified atom stereocenters. The molecule has 0 bridgehead atoms. The Morgan fingerprint density at radius 1 is 0.345 bits per heavy atom. The molecular weight excluding hydrogens is 707 g/mol. The Kier molecular flexibility index (Phi) is 7.80. The topological polar surface area (TPSA) is 51.8 Å². The van der Waals surface area contributed by atoms with E-state index in [0.717, 1.165) is 60.9 Å². The molecule has 4 nitrogen and oxygen atoms in total. The number of hydrogen-bond donors (Lipinski definition) is 0. The molecule has 1 aliphatic carbocycles. The summed E-state index contributed by atoms with van der Waals surface area (Å²) in [5.74, 6) is 1.91. The summed E-state index contributed by atoms with van der Waals surface area (Å²) in [4.78, 5) is 15.4. The van der Waals surface area contributed by atoms with Gasteiger partial charge >= 0.3 is 0 Å². The monoisotopic (exact) mass is 743 g/mol. The summed E-state index contributed by atoms with van der Waals surface area (Å²) in [5.41, 5.74) is 16.5. The van der Waals surface area contributed by atoms with E-state index < -0.39 is 0 Å². The lowest BCUT2D eigenvalue weighted by Gasteiger charge is -2.21. The predicted octanol–water partition coefficient (Wildman–Crippen LogP) is 14.1. The molecule has 0 aliphatic heterocycles. The summed E-state index contributed by atoms with van der Waals surface area (Å²) in [7, 11) is 0. The molecule has 0 N–H and O–H groups in total. The highest BCUT2D eigenvalue weighted by atomic mass is 16.3. The Balaban J connectivity index is 1.02. The molecule has 0 spiro atoms. The first-order chi connectivity index (χ1) is 28.5. The fraction of sp³-hybridized carbons (Fsp3) is 0.0556. The largest absolute Gasteiger partial charge is 0.456 e. The Morgan fingerprint density at radius 3 is 1.62 bits per heavy atom. The van der Waals surface area contributed by atoms with E-state index in [4.69, 9.17) is 19.4 Å². The first-order valence-corrected chi connectivity index (χ1v) is 19.8. The molecule has 0 saturated carbocycles. The molecule has 0 fully saturated rings. The maximum atomic E-state index is 6.46. The van der Waals surface area contributed by atoms with Crippen LogP contribution in [0.2, 0.25) is 0 Å². The first-order valence-electron chi connectivity index (χ1n) is 19.8. The molecule has 0 saturated heterocycles. The molecule has 2 aromatic heterocycles. The van der Waals surface area contributed by atoms with Crippen molar-refractivity contribution in [3.8, 4) is 78.7 Å². The molecule has 0 atom stereocenters.